The normalized spacial score (nSPS) is 10.5. The molecule has 96 valence electrons. The maximum atomic E-state index is 5.49. The molecule has 0 bridgehead atoms. The summed E-state index contributed by atoms with van der Waals surface area (Å²) < 4.78 is 10.4. The quantitative estimate of drug-likeness (QED) is 0.705. The van der Waals surface area contributed by atoms with Gasteiger partial charge in [0.15, 0.2) is 0 Å². The summed E-state index contributed by atoms with van der Waals surface area (Å²) in [5, 5.41) is 3.39. The largest absolute Gasteiger partial charge is 0.385 e. The van der Waals surface area contributed by atoms with E-state index in [4.69, 9.17) is 9.47 Å². The molecule has 17 heavy (non-hydrogen) atoms. The predicted octanol–water partition coefficient (Wildman–Crippen LogP) is 2.77. The number of methoxy groups -OCH3 is 1. The van der Waals surface area contributed by atoms with Crippen LogP contribution in [0.4, 0.5) is 5.69 Å². The summed E-state index contributed by atoms with van der Waals surface area (Å²) in [6.07, 6.45) is 0.958. The van der Waals surface area contributed by atoms with E-state index in [1.807, 2.05) is 0 Å². The molecule has 3 heteroatoms. The molecule has 0 fully saturated rings. The summed E-state index contributed by atoms with van der Waals surface area (Å²) in [7, 11) is 1.71. The third kappa shape index (κ3) is 5.71. The second kappa shape index (κ2) is 8.09. The summed E-state index contributed by atoms with van der Waals surface area (Å²) in [4.78, 5) is 0. The monoisotopic (exact) mass is 237 g/mol. The van der Waals surface area contributed by atoms with Gasteiger partial charge in [-0.15, -0.1) is 0 Å². The highest BCUT2D eigenvalue weighted by atomic mass is 16.5. The maximum absolute atomic E-state index is 5.49. The zero-order valence-electron chi connectivity index (χ0n) is 11.1. The van der Waals surface area contributed by atoms with Crippen LogP contribution in [-0.4, -0.2) is 33.5 Å². The second-order valence-corrected chi connectivity index (χ2v) is 4.20. The molecule has 0 aliphatic carbocycles. The van der Waals surface area contributed by atoms with Gasteiger partial charge in [0.05, 0.1) is 6.61 Å². The molecule has 1 N–H and O–H groups in total. The Morgan fingerprint density at radius 2 is 1.94 bits per heavy atom. The van der Waals surface area contributed by atoms with Gasteiger partial charge >= 0.3 is 0 Å². The van der Waals surface area contributed by atoms with Gasteiger partial charge in [0.2, 0.25) is 0 Å². The number of hydrogen-bond donors (Lipinski definition) is 1. The fraction of sp³-hybridized carbons (Fsp3) is 0.571. The Kier molecular flexibility index (Phi) is 6.67. The van der Waals surface area contributed by atoms with E-state index in [0.29, 0.717) is 0 Å². The predicted molar refractivity (Wildman–Crippen MR) is 71.7 cm³/mol. The highest BCUT2D eigenvalue weighted by Crippen LogP contribution is 2.15. The van der Waals surface area contributed by atoms with Crippen molar-refractivity contribution < 1.29 is 9.47 Å². The minimum Gasteiger partial charge on any atom is -0.385 e. The van der Waals surface area contributed by atoms with Crippen molar-refractivity contribution in [2.24, 2.45) is 0 Å². The first-order valence-electron chi connectivity index (χ1n) is 6.12. The number of aryl methyl sites for hydroxylation is 2. The van der Waals surface area contributed by atoms with Gasteiger partial charge < -0.3 is 14.8 Å². The van der Waals surface area contributed by atoms with Gasteiger partial charge in [-0.2, -0.15) is 0 Å². The van der Waals surface area contributed by atoms with E-state index in [9.17, 15) is 0 Å². The minimum atomic E-state index is 0.733. The fourth-order valence-electron chi connectivity index (χ4n) is 1.59. The van der Waals surface area contributed by atoms with Crippen molar-refractivity contribution in [2.75, 3.05) is 38.8 Å². The lowest BCUT2D eigenvalue weighted by Crippen LogP contribution is -2.11. The van der Waals surface area contributed by atoms with Crippen LogP contribution in [0.5, 0.6) is 0 Å². The van der Waals surface area contributed by atoms with Crippen molar-refractivity contribution in [3.05, 3.63) is 29.3 Å². The molecule has 0 spiro atoms. The minimum absolute atomic E-state index is 0.733. The molecule has 0 saturated carbocycles. The van der Waals surface area contributed by atoms with E-state index in [-0.39, 0.29) is 0 Å². The third-order valence-electron chi connectivity index (χ3n) is 2.59. The van der Waals surface area contributed by atoms with Crippen molar-refractivity contribution in [2.45, 2.75) is 20.3 Å². The Morgan fingerprint density at radius 3 is 2.71 bits per heavy atom. The molecule has 0 unspecified atom stereocenters. The first-order chi connectivity index (χ1) is 8.24. The van der Waals surface area contributed by atoms with Gasteiger partial charge in [-0.25, -0.2) is 0 Å². The summed E-state index contributed by atoms with van der Waals surface area (Å²) in [6, 6.07) is 6.43. The summed E-state index contributed by atoms with van der Waals surface area (Å²) in [5.41, 5.74) is 3.75. The van der Waals surface area contributed by atoms with Crippen molar-refractivity contribution in [3.63, 3.8) is 0 Å². The zero-order valence-corrected chi connectivity index (χ0v) is 11.1. The van der Waals surface area contributed by atoms with Crippen LogP contribution in [0.2, 0.25) is 0 Å². The van der Waals surface area contributed by atoms with Crippen LogP contribution >= 0.6 is 0 Å². The van der Waals surface area contributed by atoms with Crippen LogP contribution in [0.3, 0.4) is 0 Å². The molecule has 0 aliphatic rings. The summed E-state index contributed by atoms with van der Waals surface area (Å²) in [5.74, 6) is 0. The molecule has 0 aromatic heterocycles. The lowest BCUT2D eigenvalue weighted by atomic mass is 10.1. The van der Waals surface area contributed by atoms with Crippen LogP contribution in [0.25, 0.3) is 0 Å². The maximum Gasteiger partial charge on any atom is 0.0639 e. The van der Waals surface area contributed by atoms with Gasteiger partial charge in [0.25, 0.3) is 0 Å². The number of benzene rings is 1. The smallest absolute Gasteiger partial charge is 0.0639 e. The molecule has 0 aliphatic heterocycles. The van der Waals surface area contributed by atoms with E-state index in [1.54, 1.807) is 7.11 Å². The molecular weight excluding hydrogens is 214 g/mol. The first kappa shape index (κ1) is 14.0. The van der Waals surface area contributed by atoms with Gasteiger partial charge in [-0.05, 0) is 37.5 Å². The van der Waals surface area contributed by atoms with Crippen LogP contribution in [0.15, 0.2) is 18.2 Å². The number of anilines is 1. The lowest BCUT2D eigenvalue weighted by molar-refractivity contribution is 0.109. The fourth-order valence-corrected chi connectivity index (χ4v) is 1.59. The Hall–Kier alpha value is -1.06. The molecular formula is C14H23NO2. The first-order valence-corrected chi connectivity index (χ1v) is 6.12. The SMILES string of the molecule is COCCCOCCNc1cc(C)ccc1C. The van der Waals surface area contributed by atoms with Crippen molar-refractivity contribution in [1.82, 2.24) is 0 Å². The molecule has 0 radical (unpaired) electrons. The van der Waals surface area contributed by atoms with Crippen molar-refractivity contribution >= 4 is 5.69 Å². The number of ether oxygens (including phenoxy) is 2. The Morgan fingerprint density at radius 1 is 1.12 bits per heavy atom. The molecule has 1 rings (SSSR count). The Labute approximate surface area is 104 Å². The average molecular weight is 237 g/mol. The molecule has 0 atom stereocenters. The van der Waals surface area contributed by atoms with E-state index in [0.717, 1.165) is 32.8 Å². The van der Waals surface area contributed by atoms with Crippen LogP contribution in [0, 0.1) is 13.8 Å². The molecule has 0 amide bonds. The molecule has 1 aromatic rings. The summed E-state index contributed by atoms with van der Waals surface area (Å²) in [6.45, 7) is 7.33. The Bertz CT molecular complexity index is 326. The molecule has 0 saturated heterocycles. The van der Waals surface area contributed by atoms with Crippen LogP contribution < -0.4 is 5.32 Å². The number of nitrogens with one attached hydrogen (secondary N) is 1. The topological polar surface area (TPSA) is 30.5 Å². The van der Waals surface area contributed by atoms with Crippen LogP contribution in [-0.2, 0) is 9.47 Å². The lowest BCUT2D eigenvalue weighted by Gasteiger charge is -2.10. The van der Waals surface area contributed by atoms with E-state index in [1.165, 1.54) is 16.8 Å². The molecule has 3 nitrogen and oxygen atoms in total. The van der Waals surface area contributed by atoms with E-state index in [2.05, 4.69) is 37.4 Å². The standard InChI is InChI=1S/C14H23NO2/c1-12-5-6-13(2)14(11-12)15-7-10-17-9-4-8-16-3/h5-6,11,15H,4,7-10H2,1-3H3. The van der Waals surface area contributed by atoms with Gasteiger partial charge in [-0.1, -0.05) is 12.1 Å². The second-order valence-electron chi connectivity index (χ2n) is 4.20. The van der Waals surface area contributed by atoms with Crippen LogP contribution in [0.1, 0.15) is 17.5 Å². The number of rotatable bonds is 8. The highest BCUT2D eigenvalue weighted by Gasteiger charge is 1.97. The van der Waals surface area contributed by atoms with Gasteiger partial charge in [-0.3, -0.25) is 0 Å². The van der Waals surface area contributed by atoms with Gasteiger partial charge in [0, 0.05) is 32.6 Å². The third-order valence-corrected chi connectivity index (χ3v) is 2.59. The van der Waals surface area contributed by atoms with Gasteiger partial charge in [0.1, 0.15) is 0 Å². The zero-order chi connectivity index (χ0) is 12.5. The van der Waals surface area contributed by atoms with Crippen molar-refractivity contribution in [1.29, 1.82) is 0 Å². The van der Waals surface area contributed by atoms with E-state index >= 15 is 0 Å². The highest BCUT2D eigenvalue weighted by molar-refractivity contribution is 5.52. The average Bonchev–Trinajstić information content (AvgIpc) is 2.32. The summed E-state index contributed by atoms with van der Waals surface area (Å²) >= 11 is 0. The van der Waals surface area contributed by atoms with Crippen molar-refractivity contribution in [3.8, 4) is 0 Å². The molecule has 0 heterocycles. The number of hydrogen-bond acceptors (Lipinski definition) is 3. The molecule has 1 aromatic carbocycles. The van der Waals surface area contributed by atoms with E-state index < -0.39 is 0 Å². The Balaban J connectivity index is 2.15.